The average molecular weight is 470 g/mol. The maximum atomic E-state index is 12.4. The van der Waals surface area contributed by atoms with Crippen LogP contribution in [0.4, 0.5) is 11.4 Å². The fourth-order valence-corrected chi connectivity index (χ4v) is 3.33. The molecule has 3 N–H and O–H groups in total. The van der Waals surface area contributed by atoms with Gasteiger partial charge in [-0.3, -0.25) is 14.4 Å². The lowest BCUT2D eigenvalue weighted by Crippen LogP contribution is -2.29. The summed E-state index contributed by atoms with van der Waals surface area (Å²) < 4.78 is 10.6. The lowest BCUT2D eigenvalue weighted by atomic mass is 10.1. The molecule has 0 unspecified atom stereocenters. The summed E-state index contributed by atoms with van der Waals surface area (Å²) in [7, 11) is 1.49. The highest BCUT2D eigenvalue weighted by atomic mass is 16.5. The number of nitrogens with one attached hydrogen (secondary N) is 3. The summed E-state index contributed by atoms with van der Waals surface area (Å²) in [5.74, 6) is -0.928. The van der Waals surface area contributed by atoms with Gasteiger partial charge >= 0.3 is 11.8 Å². The summed E-state index contributed by atoms with van der Waals surface area (Å²) in [6.07, 6.45) is 2.85. The summed E-state index contributed by atoms with van der Waals surface area (Å²) in [6, 6.07) is 20.6. The molecule has 3 aromatic carbocycles. The van der Waals surface area contributed by atoms with Crippen LogP contribution >= 0.6 is 0 Å². The Morgan fingerprint density at radius 3 is 2.31 bits per heavy atom. The van der Waals surface area contributed by atoms with Crippen LogP contribution in [-0.4, -0.2) is 29.8 Å². The van der Waals surface area contributed by atoms with Gasteiger partial charge in [-0.1, -0.05) is 30.3 Å². The molecule has 4 aromatic rings. The fourth-order valence-electron chi connectivity index (χ4n) is 3.33. The number of benzene rings is 3. The normalized spacial score (nSPS) is 10.3. The van der Waals surface area contributed by atoms with Gasteiger partial charge in [0.1, 0.15) is 5.75 Å². The van der Waals surface area contributed by atoms with E-state index < -0.39 is 11.8 Å². The highest BCUT2D eigenvalue weighted by Gasteiger charge is 2.16. The topological polar surface area (TPSA) is 123 Å². The molecular formula is C26H22N4O5. The average Bonchev–Trinajstić information content (AvgIpc) is 3.42. The molecule has 1 heterocycles. The molecule has 9 heteroatoms. The number of methoxy groups -OCH3 is 1. The molecule has 4 rings (SSSR count). The number of oxazole rings is 1. The molecule has 0 radical (unpaired) electrons. The van der Waals surface area contributed by atoms with Gasteiger partial charge in [-0.25, -0.2) is 4.98 Å². The van der Waals surface area contributed by atoms with Crippen LogP contribution in [0.2, 0.25) is 0 Å². The molecule has 9 nitrogen and oxygen atoms in total. The Hall–Kier alpha value is -4.92. The second kappa shape index (κ2) is 10.8. The second-order valence-electron chi connectivity index (χ2n) is 7.44. The van der Waals surface area contributed by atoms with Gasteiger partial charge in [0.2, 0.25) is 0 Å². The van der Waals surface area contributed by atoms with Crippen LogP contribution in [-0.2, 0) is 16.1 Å². The third-order valence-corrected chi connectivity index (χ3v) is 5.04. The van der Waals surface area contributed by atoms with Crippen molar-refractivity contribution >= 4 is 29.1 Å². The standard InChI is InChI=1S/C26H22N4O5/c1-34-22-13-20(10-11-21(22)23-15-27-16-35-23)30-26(33)25(32)29-19-9-5-6-17(12-19)14-28-24(31)18-7-3-2-4-8-18/h2-13,15-16H,14H2,1H3,(H,28,31)(H,29,32)(H,30,33). The minimum atomic E-state index is -0.845. The van der Waals surface area contributed by atoms with E-state index in [1.165, 1.54) is 13.5 Å². The molecule has 35 heavy (non-hydrogen) atoms. The van der Waals surface area contributed by atoms with Crippen LogP contribution in [0.1, 0.15) is 15.9 Å². The van der Waals surface area contributed by atoms with Gasteiger partial charge in [0.25, 0.3) is 5.91 Å². The second-order valence-corrected chi connectivity index (χ2v) is 7.44. The Kier molecular flexibility index (Phi) is 7.17. The van der Waals surface area contributed by atoms with Crippen molar-refractivity contribution in [2.75, 3.05) is 17.7 Å². The van der Waals surface area contributed by atoms with Crippen molar-refractivity contribution in [3.8, 4) is 17.1 Å². The van der Waals surface area contributed by atoms with E-state index >= 15 is 0 Å². The van der Waals surface area contributed by atoms with Gasteiger partial charge in [0.15, 0.2) is 12.2 Å². The number of carbonyl (C=O) groups is 3. The van der Waals surface area contributed by atoms with Crippen molar-refractivity contribution in [1.29, 1.82) is 0 Å². The largest absolute Gasteiger partial charge is 0.496 e. The number of hydrogen-bond donors (Lipinski definition) is 3. The van der Waals surface area contributed by atoms with Crippen LogP contribution in [0.5, 0.6) is 5.75 Å². The molecule has 0 fully saturated rings. The summed E-state index contributed by atoms with van der Waals surface area (Å²) in [6.45, 7) is 0.265. The van der Waals surface area contributed by atoms with Crippen LogP contribution in [0.3, 0.4) is 0 Å². The number of anilines is 2. The Labute approximate surface area is 201 Å². The first-order valence-corrected chi connectivity index (χ1v) is 10.6. The van der Waals surface area contributed by atoms with Gasteiger partial charge in [-0.05, 0) is 42.0 Å². The maximum Gasteiger partial charge on any atom is 0.314 e. The molecule has 0 aliphatic heterocycles. The third-order valence-electron chi connectivity index (χ3n) is 5.04. The van der Waals surface area contributed by atoms with Gasteiger partial charge in [0.05, 0.1) is 18.9 Å². The fraction of sp³-hybridized carbons (Fsp3) is 0.0769. The van der Waals surface area contributed by atoms with Gasteiger partial charge < -0.3 is 25.1 Å². The number of rotatable bonds is 7. The number of hydrogen-bond acceptors (Lipinski definition) is 6. The van der Waals surface area contributed by atoms with Crippen LogP contribution in [0.15, 0.2) is 89.8 Å². The number of ether oxygens (including phenoxy) is 1. The monoisotopic (exact) mass is 470 g/mol. The van der Waals surface area contributed by atoms with E-state index in [4.69, 9.17) is 9.15 Å². The first-order chi connectivity index (χ1) is 17.0. The Morgan fingerprint density at radius 2 is 1.63 bits per heavy atom. The molecule has 0 atom stereocenters. The quantitative estimate of drug-likeness (QED) is 0.353. The van der Waals surface area contributed by atoms with Crippen molar-refractivity contribution in [2.45, 2.75) is 6.54 Å². The smallest absolute Gasteiger partial charge is 0.314 e. The van der Waals surface area contributed by atoms with E-state index in [1.807, 2.05) is 12.1 Å². The zero-order valence-corrected chi connectivity index (χ0v) is 18.8. The molecule has 0 aliphatic carbocycles. The molecule has 0 saturated carbocycles. The summed E-state index contributed by atoms with van der Waals surface area (Å²) in [5.41, 5.74) is 2.78. The Bertz CT molecular complexity index is 1340. The predicted octanol–water partition coefficient (Wildman–Crippen LogP) is 3.86. The van der Waals surface area contributed by atoms with Crippen molar-refractivity contribution in [3.05, 3.63) is 96.5 Å². The van der Waals surface area contributed by atoms with Gasteiger partial charge in [0, 0.05) is 29.5 Å². The Morgan fingerprint density at radius 1 is 0.886 bits per heavy atom. The molecule has 0 spiro atoms. The van der Waals surface area contributed by atoms with Crippen LogP contribution < -0.4 is 20.7 Å². The first-order valence-electron chi connectivity index (χ1n) is 10.6. The van der Waals surface area contributed by atoms with Crippen molar-refractivity contribution in [3.63, 3.8) is 0 Å². The van der Waals surface area contributed by atoms with Crippen LogP contribution in [0, 0.1) is 0 Å². The van der Waals surface area contributed by atoms with Crippen molar-refractivity contribution < 1.29 is 23.5 Å². The van der Waals surface area contributed by atoms with E-state index in [0.717, 1.165) is 5.56 Å². The van der Waals surface area contributed by atoms with Gasteiger partial charge in [-0.2, -0.15) is 0 Å². The number of nitrogens with zero attached hydrogens (tertiary/aromatic N) is 1. The lowest BCUT2D eigenvalue weighted by molar-refractivity contribution is -0.132. The Balaban J connectivity index is 1.35. The number of carbonyl (C=O) groups excluding carboxylic acids is 3. The molecule has 3 amide bonds. The zero-order chi connectivity index (χ0) is 24.6. The number of amides is 3. The molecule has 0 bridgehead atoms. The summed E-state index contributed by atoms with van der Waals surface area (Å²) >= 11 is 0. The molecule has 1 aromatic heterocycles. The summed E-state index contributed by atoms with van der Waals surface area (Å²) in [4.78, 5) is 41.0. The number of aromatic nitrogens is 1. The highest BCUT2D eigenvalue weighted by molar-refractivity contribution is 6.43. The van der Waals surface area contributed by atoms with Crippen molar-refractivity contribution in [2.24, 2.45) is 0 Å². The molecule has 0 aliphatic rings. The first kappa shape index (κ1) is 23.2. The van der Waals surface area contributed by atoms with Gasteiger partial charge in [-0.15, -0.1) is 0 Å². The van der Waals surface area contributed by atoms with E-state index in [2.05, 4.69) is 20.9 Å². The molecule has 0 saturated heterocycles. The summed E-state index contributed by atoms with van der Waals surface area (Å²) in [5, 5.41) is 7.94. The third kappa shape index (κ3) is 5.91. The maximum absolute atomic E-state index is 12.4. The van der Waals surface area contributed by atoms with E-state index in [1.54, 1.807) is 66.9 Å². The van der Waals surface area contributed by atoms with Crippen LogP contribution in [0.25, 0.3) is 11.3 Å². The SMILES string of the molecule is COc1cc(NC(=O)C(=O)Nc2cccc(CNC(=O)c3ccccc3)c2)ccc1-c1cnco1. The van der Waals surface area contributed by atoms with Crippen molar-refractivity contribution in [1.82, 2.24) is 10.3 Å². The minimum Gasteiger partial charge on any atom is -0.496 e. The lowest BCUT2D eigenvalue weighted by Gasteiger charge is -2.11. The molecular weight excluding hydrogens is 448 g/mol. The zero-order valence-electron chi connectivity index (χ0n) is 18.8. The minimum absolute atomic E-state index is 0.204. The van der Waals surface area contributed by atoms with E-state index in [9.17, 15) is 14.4 Å². The predicted molar refractivity (Wildman–Crippen MR) is 130 cm³/mol. The molecule has 176 valence electrons. The highest BCUT2D eigenvalue weighted by Crippen LogP contribution is 2.32. The van der Waals surface area contributed by atoms with E-state index in [-0.39, 0.29) is 12.5 Å². The van der Waals surface area contributed by atoms with E-state index in [0.29, 0.717) is 34.0 Å².